The van der Waals surface area contributed by atoms with E-state index in [0.29, 0.717) is 0 Å². The minimum atomic E-state index is -0.205. The smallest absolute Gasteiger partial charge is 0.123 e. The molecule has 0 saturated carbocycles. The lowest BCUT2D eigenvalue weighted by molar-refractivity contribution is 0.242. The van der Waals surface area contributed by atoms with E-state index in [4.69, 9.17) is 4.74 Å². The minimum Gasteiger partial charge on any atom is -0.491 e. The number of hydrogen-bond acceptors (Lipinski definition) is 2. The Kier molecular flexibility index (Phi) is 7.42. The molecule has 0 aliphatic rings. The van der Waals surface area contributed by atoms with E-state index in [9.17, 15) is 4.39 Å². The van der Waals surface area contributed by atoms with Crippen LogP contribution in [-0.4, -0.2) is 12.6 Å². The van der Waals surface area contributed by atoms with Gasteiger partial charge in [0.05, 0.1) is 6.10 Å². The number of benzene rings is 3. The van der Waals surface area contributed by atoms with Crippen LogP contribution < -0.4 is 10.1 Å². The molecule has 0 fully saturated rings. The molecule has 0 bridgehead atoms. The van der Waals surface area contributed by atoms with Crippen molar-refractivity contribution in [3.8, 4) is 5.75 Å². The first kappa shape index (κ1) is 21.1. The molecule has 29 heavy (non-hydrogen) atoms. The van der Waals surface area contributed by atoms with Crippen LogP contribution in [0.5, 0.6) is 5.75 Å². The molecular formula is C26H30FNO. The summed E-state index contributed by atoms with van der Waals surface area (Å²) in [6.45, 7) is 7.09. The van der Waals surface area contributed by atoms with E-state index in [0.717, 1.165) is 24.3 Å². The van der Waals surface area contributed by atoms with Gasteiger partial charge in [0, 0.05) is 12.0 Å². The lowest BCUT2D eigenvalue weighted by atomic mass is 9.88. The molecule has 0 aliphatic heterocycles. The second kappa shape index (κ2) is 10.2. The molecule has 3 heteroatoms. The SMILES string of the molecule is CC(C)Oc1ccc([C@H](CCN[C@H](C)c2ccccc2)c2ccc(F)cc2)cc1. The summed E-state index contributed by atoms with van der Waals surface area (Å²) in [6, 6.07) is 25.9. The number of rotatable bonds is 9. The van der Waals surface area contributed by atoms with E-state index in [1.165, 1.54) is 11.1 Å². The largest absolute Gasteiger partial charge is 0.491 e. The van der Waals surface area contributed by atoms with Crippen molar-refractivity contribution in [1.82, 2.24) is 5.32 Å². The molecule has 1 N–H and O–H groups in total. The van der Waals surface area contributed by atoms with Gasteiger partial charge in [-0.3, -0.25) is 0 Å². The Morgan fingerprint density at radius 3 is 1.93 bits per heavy atom. The van der Waals surface area contributed by atoms with E-state index >= 15 is 0 Å². The summed E-state index contributed by atoms with van der Waals surface area (Å²) in [7, 11) is 0. The third-order valence-corrected chi connectivity index (χ3v) is 5.11. The molecule has 0 unspecified atom stereocenters. The average molecular weight is 392 g/mol. The van der Waals surface area contributed by atoms with Crippen LogP contribution in [0, 0.1) is 5.82 Å². The molecule has 0 saturated heterocycles. The zero-order valence-corrected chi connectivity index (χ0v) is 17.4. The molecule has 0 radical (unpaired) electrons. The lowest BCUT2D eigenvalue weighted by Crippen LogP contribution is -2.21. The first-order chi connectivity index (χ1) is 14.0. The second-order valence-electron chi connectivity index (χ2n) is 7.71. The van der Waals surface area contributed by atoms with Gasteiger partial charge in [0.15, 0.2) is 0 Å². The number of nitrogens with one attached hydrogen (secondary N) is 1. The van der Waals surface area contributed by atoms with Gasteiger partial charge >= 0.3 is 0 Å². The molecule has 3 rings (SSSR count). The van der Waals surface area contributed by atoms with Crippen LogP contribution in [0.3, 0.4) is 0 Å². The summed E-state index contributed by atoms with van der Waals surface area (Å²) in [4.78, 5) is 0. The van der Waals surface area contributed by atoms with Crippen LogP contribution in [0.25, 0.3) is 0 Å². The van der Waals surface area contributed by atoms with E-state index in [-0.39, 0.29) is 23.9 Å². The van der Waals surface area contributed by atoms with E-state index in [2.05, 4.69) is 48.6 Å². The number of halogens is 1. The molecule has 2 nitrogen and oxygen atoms in total. The van der Waals surface area contributed by atoms with Crippen molar-refractivity contribution in [2.24, 2.45) is 0 Å². The Morgan fingerprint density at radius 1 is 0.759 bits per heavy atom. The summed E-state index contributed by atoms with van der Waals surface area (Å²) in [6.07, 6.45) is 1.07. The molecule has 0 heterocycles. The monoisotopic (exact) mass is 391 g/mol. The van der Waals surface area contributed by atoms with Gasteiger partial charge in [0.25, 0.3) is 0 Å². The van der Waals surface area contributed by atoms with Gasteiger partial charge in [-0.15, -0.1) is 0 Å². The van der Waals surface area contributed by atoms with E-state index < -0.39 is 0 Å². The number of ether oxygens (including phenoxy) is 1. The van der Waals surface area contributed by atoms with Crippen molar-refractivity contribution in [3.63, 3.8) is 0 Å². The average Bonchev–Trinajstić information content (AvgIpc) is 2.73. The minimum absolute atomic E-state index is 0.150. The highest BCUT2D eigenvalue weighted by atomic mass is 19.1. The van der Waals surface area contributed by atoms with Crippen molar-refractivity contribution >= 4 is 0 Å². The maximum absolute atomic E-state index is 13.4. The van der Waals surface area contributed by atoms with Crippen LogP contribution in [0.4, 0.5) is 4.39 Å². The van der Waals surface area contributed by atoms with Crippen LogP contribution in [0.1, 0.15) is 55.8 Å². The molecule has 3 aromatic rings. The van der Waals surface area contributed by atoms with Gasteiger partial charge in [0.2, 0.25) is 0 Å². The standard InChI is InChI=1S/C26H30FNO/c1-19(2)29-25-15-11-23(12-16-25)26(22-9-13-24(27)14-10-22)17-18-28-20(3)21-7-5-4-6-8-21/h4-16,19-20,26,28H,17-18H2,1-3H3/t20-,26-/m1/s1. The maximum atomic E-state index is 13.4. The zero-order valence-electron chi connectivity index (χ0n) is 17.4. The molecule has 3 aromatic carbocycles. The Morgan fingerprint density at radius 2 is 1.34 bits per heavy atom. The van der Waals surface area contributed by atoms with Crippen molar-refractivity contribution in [2.45, 2.75) is 45.3 Å². The fourth-order valence-corrected chi connectivity index (χ4v) is 3.58. The van der Waals surface area contributed by atoms with E-state index in [1.807, 2.05) is 44.2 Å². The van der Waals surface area contributed by atoms with Gasteiger partial charge < -0.3 is 10.1 Å². The van der Waals surface area contributed by atoms with Crippen LogP contribution in [-0.2, 0) is 0 Å². The summed E-state index contributed by atoms with van der Waals surface area (Å²) in [5.74, 6) is 0.862. The van der Waals surface area contributed by atoms with Crippen LogP contribution in [0.2, 0.25) is 0 Å². The summed E-state index contributed by atoms with van der Waals surface area (Å²) >= 11 is 0. The Balaban J connectivity index is 1.72. The fraction of sp³-hybridized carbons (Fsp3) is 0.308. The summed E-state index contributed by atoms with van der Waals surface area (Å²) in [5, 5.41) is 3.62. The summed E-state index contributed by atoms with van der Waals surface area (Å²) < 4.78 is 19.2. The van der Waals surface area contributed by atoms with Crippen molar-refractivity contribution in [2.75, 3.05) is 6.54 Å². The van der Waals surface area contributed by atoms with Gasteiger partial charge in [-0.05, 0) is 74.7 Å². The first-order valence-electron chi connectivity index (χ1n) is 10.3. The second-order valence-corrected chi connectivity index (χ2v) is 7.71. The molecule has 0 amide bonds. The first-order valence-corrected chi connectivity index (χ1v) is 10.3. The highest BCUT2D eigenvalue weighted by molar-refractivity contribution is 5.36. The maximum Gasteiger partial charge on any atom is 0.123 e. The van der Waals surface area contributed by atoms with Crippen molar-refractivity contribution < 1.29 is 9.13 Å². The van der Waals surface area contributed by atoms with Gasteiger partial charge in [-0.1, -0.05) is 54.6 Å². The lowest BCUT2D eigenvalue weighted by Gasteiger charge is -2.21. The molecular weight excluding hydrogens is 361 g/mol. The topological polar surface area (TPSA) is 21.3 Å². The molecule has 0 spiro atoms. The highest BCUT2D eigenvalue weighted by Gasteiger charge is 2.15. The zero-order chi connectivity index (χ0) is 20.6. The molecule has 0 aromatic heterocycles. The normalized spacial score (nSPS) is 13.3. The molecule has 0 aliphatic carbocycles. The molecule has 2 atom stereocenters. The number of hydrogen-bond donors (Lipinski definition) is 1. The van der Waals surface area contributed by atoms with E-state index in [1.54, 1.807) is 12.1 Å². The van der Waals surface area contributed by atoms with Crippen molar-refractivity contribution in [3.05, 3.63) is 101 Å². The Bertz CT molecular complexity index is 859. The van der Waals surface area contributed by atoms with Gasteiger partial charge in [0.1, 0.15) is 11.6 Å². The van der Waals surface area contributed by atoms with Crippen molar-refractivity contribution in [1.29, 1.82) is 0 Å². The Labute approximate surface area is 173 Å². The quantitative estimate of drug-likeness (QED) is 0.450. The highest BCUT2D eigenvalue weighted by Crippen LogP contribution is 2.30. The molecule has 152 valence electrons. The Hall–Kier alpha value is -2.65. The third-order valence-electron chi connectivity index (χ3n) is 5.11. The van der Waals surface area contributed by atoms with Gasteiger partial charge in [-0.25, -0.2) is 4.39 Å². The van der Waals surface area contributed by atoms with Gasteiger partial charge in [-0.2, -0.15) is 0 Å². The van der Waals surface area contributed by atoms with Crippen LogP contribution in [0.15, 0.2) is 78.9 Å². The predicted molar refractivity (Wildman–Crippen MR) is 118 cm³/mol. The fourth-order valence-electron chi connectivity index (χ4n) is 3.58. The summed E-state index contributed by atoms with van der Waals surface area (Å²) in [5.41, 5.74) is 3.61. The predicted octanol–water partition coefficient (Wildman–Crippen LogP) is 6.49. The van der Waals surface area contributed by atoms with Crippen LogP contribution >= 0.6 is 0 Å². The third kappa shape index (κ3) is 6.16.